The molecule has 5 nitrogen and oxygen atoms in total. The normalized spacial score (nSPS) is 10.5. The van der Waals surface area contributed by atoms with Crippen LogP contribution in [0.15, 0.2) is 30.5 Å². The second-order valence-electron chi connectivity index (χ2n) is 4.38. The molecule has 0 aliphatic rings. The maximum Gasteiger partial charge on any atom is 0.239 e. The molecule has 0 fully saturated rings. The molecule has 0 bridgehead atoms. The van der Waals surface area contributed by atoms with Crippen LogP contribution in [0.4, 0.5) is 5.69 Å². The monoisotopic (exact) mass is 258 g/mol. The van der Waals surface area contributed by atoms with E-state index in [-0.39, 0.29) is 12.5 Å². The van der Waals surface area contributed by atoms with E-state index in [1.165, 1.54) is 0 Å². The molecule has 0 saturated carbocycles. The van der Waals surface area contributed by atoms with E-state index in [9.17, 15) is 4.79 Å². The molecule has 19 heavy (non-hydrogen) atoms. The van der Waals surface area contributed by atoms with Gasteiger partial charge in [0.1, 0.15) is 0 Å². The van der Waals surface area contributed by atoms with Crippen LogP contribution in [-0.4, -0.2) is 31.5 Å². The summed E-state index contributed by atoms with van der Waals surface area (Å²) < 4.78 is 0. The zero-order valence-corrected chi connectivity index (χ0v) is 11.2. The molecule has 1 heterocycles. The summed E-state index contributed by atoms with van der Waals surface area (Å²) in [6, 6.07) is 7.85. The van der Waals surface area contributed by atoms with Gasteiger partial charge >= 0.3 is 0 Å². The van der Waals surface area contributed by atoms with Gasteiger partial charge in [-0.15, -0.1) is 0 Å². The molecule has 0 atom stereocenters. The Kier molecular flexibility index (Phi) is 3.97. The molecule has 0 aliphatic heterocycles. The number of hydrogen-bond donors (Lipinski definition) is 2. The molecule has 5 heteroatoms. The topological polar surface area (TPSA) is 71.2 Å². The van der Waals surface area contributed by atoms with Gasteiger partial charge in [-0.25, -0.2) is 0 Å². The van der Waals surface area contributed by atoms with Gasteiger partial charge in [0.25, 0.3) is 0 Å². The average Bonchev–Trinajstić information content (AvgIpc) is 2.45. The SMILES string of the molecule is CNC(=O)CN(C)c1c(CN)cnc2ccccc12. The van der Waals surface area contributed by atoms with Gasteiger partial charge in [-0.2, -0.15) is 0 Å². The molecule has 0 spiro atoms. The minimum Gasteiger partial charge on any atom is -0.364 e. The van der Waals surface area contributed by atoms with Gasteiger partial charge in [0, 0.05) is 37.8 Å². The third kappa shape index (κ3) is 2.66. The molecule has 2 aromatic rings. The van der Waals surface area contributed by atoms with Crippen LogP contribution in [0.25, 0.3) is 10.9 Å². The van der Waals surface area contributed by atoms with Crippen molar-refractivity contribution < 1.29 is 4.79 Å². The summed E-state index contributed by atoms with van der Waals surface area (Å²) >= 11 is 0. The van der Waals surface area contributed by atoms with Gasteiger partial charge in [0.2, 0.25) is 5.91 Å². The molecule has 0 radical (unpaired) electrons. The summed E-state index contributed by atoms with van der Waals surface area (Å²) in [6.07, 6.45) is 1.78. The van der Waals surface area contributed by atoms with Crippen LogP contribution in [0.2, 0.25) is 0 Å². The van der Waals surface area contributed by atoms with E-state index in [1.54, 1.807) is 13.2 Å². The van der Waals surface area contributed by atoms with Crippen molar-refractivity contribution in [1.29, 1.82) is 0 Å². The van der Waals surface area contributed by atoms with E-state index in [4.69, 9.17) is 5.73 Å². The molecule has 1 amide bonds. The lowest BCUT2D eigenvalue weighted by molar-refractivity contribution is -0.119. The van der Waals surface area contributed by atoms with Crippen molar-refractivity contribution in [3.63, 3.8) is 0 Å². The first kappa shape index (κ1) is 13.3. The second kappa shape index (κ2) is 5.67. The Bertz CT molecular complexity index is 597. The van der Waals surface area contributed by atoms with Crippen molar-refractivity contribution in [3.8, 4) is 0 Å². The van der Waals surface area contributed by atoms with Crippen molar-refractivity contribution in [2.75, 3.05) is 25.5 Å². The lowest BCUT2D eigenvalue weighted by Crippen LogP contribution is -2.33. The number of para-hydroxylation sites is 1. The summed E-state index contributed by atoms with van der Waals surface area (Å²) in [5.74, 6) is -0.0358. The Morgan fingerprint density at radius 1 is 1.42 bits per heavy atom. The van der Waals surface area contributed by atoms with Crippen molar-refractivity contribution in [2.24, 2.45) is 5.73 Å². The fourth-order valence-electron chi connectivity index (χ4n) is 2.14. The summed E-state index contributed by atoms with van der Waals surface area (Å²) in [4.78, 5) is 17.8. The molecule has 1 aromatic carbocycles. The Morgan fingerprint density at radius 2 is 2.16 bits per heavy atom. The molecule has 0 aliphatic carbocycles. The molecule has 2 rings (SSSR count). The summed E-state index contributed by atoms with van der Waals surface area (Å²) in [5.41, 5.74) is 8.58. The molecular formula is C14H18N4O. The van der Waals surface area contributed by atoms with Crippen LogP contribution in [-0.2, 0) is 11.3 Å². The minimum absolute atomic E-state index is 0.0358. The number of likely N-dealkylation sites (N-methyl/N-ethyl adjacent to an activating group) is 2. The minimum atomic E-state index is -0.0358. The summed E-state index contributed by atoms with van der Waals surface area (Å²) in [7, 11) is 3.51. The van der Waals surface area contributed by atoms with Crippen molar-refractivity contribution >= 4 is 22.5 Å². The number of anilines is 1. The number of nitrogens with zero attached hydrogens (tertiary/aromatic N) is 2. The highest BCUT2D eigenvalue weighted by molar-refractivity contribution is 5.95. The molecule has 1 aromatic heterocycles. The zero-order valence-electron chi connectivity index (χ0n) is 11.2. The highest BCUT2D eigenvalue weighted by atomic mass is 16.1. The van der Waals surface area contributed by atoms with Crippen LogP contribution in [0.5, 0.6) is 0 Å². The fourth-order valence-corrected chi connectivity index (χ4v) is 2.14. The van der Waals surface area contributed by atoms with E-state index in [2.05, 4.69) is 10.3 Å². The Morgan fingerprint density at radius 3 is 2.84 bits per heavy atom. The van der Waals surface area contributed by atoms with E-state index in [1.807, 2.05) is 36.2 Å². The molecule has 3 N–H and O–H groups in total. The predicted octanol–water partition coefficient (Wildman–Crippen LogP) is 0.876. The Balaban J connectivity index is 2.52. The largest absolute Gasteiger partial charge is 0.364 e. The number of hydrogen-bond acceptors (Lipinski definition) is 4. The number of carbonyl (C=O) groups excluding carboxylic acids is 1. The molecule has 0 unspecified atom stereocenters. The molecule has 0 saturated heterocycles. The highest BCUT2D eigenvalue weighted by Crippen LogP contribution is 2.28. The number of fused-ring (bicyclic) bond motifs is 1. The van der Waals surface area contributed by atoms with E-state index < -0.39 is 0 Å². The van der Waals surface area contributed by atoms with Gasteiger partial charge in [-0.3, -0.25) is 9.78 Å². The first-order chi connectivity index (χ1) is 9.17. The quantitative estimate of drug-likeness (QED) is 0.854. The molecular weight excluding hydrogens is 240 g/mol. The summed E-state index contributed by atoms with van der Waals surface area (Å²) in [5, 5.41) is 3.63. The van der Waals surface area contributed by atoms with Crippen LogP contribution >= 0.6 is 0 Å². The van der Waals surface area contributed by atoms with Gasteiger partial charge < -0.3 is 16.0 Å². The van der Waals surface area contributed by atoms with Crippen LogP contribution in [0.1, 0.15) is 5.56 Å². The van der Waals surface area contributed by atoms with E-state index >= 15 is 0 Å². The smallest absolute Gasteiger partial charge is 0.239 e. The van der Waals surface area contributed by atoms with Gasteiger partial charge in [-0.05, 0) is 6.07 Å². The van der Waals surface area contributed by atoms with Crippen molar-refractivity contribution in [3.05, 3.63) is 36.0 Å². The first-order valence-corrected chi connectivity index (χ1v) is 6.15. The lowest BCUT2D eigenvalue weighted by atomic mass is 10.1. The maximum absolute atomic E-state index is 11.5. The van der Waals surface area contributed by atoms with Crippen LogP contribution in [0, 0.1) is 0 Å². The highest BCUT2D eigenvalue weighted by Gasteiger charge is 2.14. The van der Waals surface area contributed by atoms with Gasteiger partial charge in [0.05, 0.1) is 17.7 Å². The predicted molar refractivity (Wildman–Crippen MR) is 77.0 cm³/mol. The van der Waals surface area contributed by atoms with Crippen molar-refractivity contribution in [1.82, 2.24) is 10.3 Å². The molecule has 100 valence electrons. The average molecular weight is 258 g/mol. The standard InChI is InChI=1S/C14H18N4O/c1-16-13(19)9-18(2)14-10(7-15)8-17-12-6-4-3-5-11(12)14/h3-6,8H,7,9,15H2,1-2H3,(H,16,19). The van der Waals surface area contributed by atoms with E-state index in [0.717, 1.165) is 22.2 Å². The fraction of sp³-hybridized carbons (Fsp3) is 0.286. The second-order valence-corrected chi connectivity index (χ2v) is 4.38. The van der Waals surface area contributed by atoms with Crippen LogP contribution < -0.4 is 16.0 Å². The summed E-state index contributed by atoms with van der Waals surface area (Å²) in [6.45, 7) is 0.683. The third-order valence-electron chi connectivity index (χ3n) is 3.08. The lowest BCUT2D eigenvalue weighted by Gasteiger charge is -2.23. The van der Waals surface area contributed by atoms with Crippen LogP contribution in [0.3, 0.4) is 0 Å². The number of nitrogens with two attached hydrogens (primary N) is 1. The number of amides is 1. The van der Waals surface area contributed by atoms with Gasteiger partial charge in [-0.1, -0.05) is 18.2 Å². The maximum atomic E-state index is 11.5. The number of benzene rings is 1. The van der Waals surface area contributed by atoms with E-state index in [0.29, 0.717) is 6.54 Å². The Labute approximate surface area is 112 Å². The number of aromatic nitrogens is 1. The number of carbonyl (C=O) groups is 1. The third-order valence-corrected chi connectivity index (χ3v) is 3.08. The first-order valence-electron chi connectivity index (χ1n) is 6.15. The zero-order chi connectivity index (χ0) is 13.8. The van der Waals surface area contributed by atoms with Crippen molar-refractivity contribution in [2.45, 2.75) is 6.54 Å². The number of rotatable bonds is 4. The van der Waals surface area contributed by atoms with Gasteiger partial charge in [0.15, 0.2) is 0 Å². The number of nitrogens with one attached hydrogen (secondary N) is 1. The number of pyridine rings is 1. The Hall–Kier alpha value is -2.14.